The Kier molecular flexibility index (Phi) is 4.44. The molecule has 5 rings (SSSR count). The van der Waals surface area contributed by atoms with Crippen LogP contribution in [-0.4, -0.2) is 40.1 Å². The summed E-state index contributed by atoms with van der Waals surface area (Å²) in [6.07, 6.45) is 1.82. The van der Waals surface area contributed by atoms with Gasteiger partial charge in [-0.2, -0.15) is 0 Å². The number of aromatic nitrogens is 6. The van der Waals surface area contributed by atoms with Crippen LogP contribution in [0.2, 0.25) is 0 Å². The van der Waals surface area contributed by atoms with E-state index in [0.29, 0.717) is 14.7 Å². The largest absolute Gasteiger partial charge is 0.504 e. The fraction of sp³-hybridized carbons (Fsp3) is 0.368. The summed E-state index contributed by atoms with van der Waals surface area (Å²) in [5.41, 5.74) is -0.684. The molecule has 32 heavy (non-hydrogen) atoms. The van der Waals surface area contributed by atoms with Gasteiger partial charge in [0.15, 0.2) is 11.5 Å². The topological polar surface area (TPSA) is 127 Å². The molecular weight excluding hydrogens is 535 g/mol. The maximum atomic E-state index is 13.0. The number of rotatable bonds is 2. The molecule has 0 unspecified atom stereocenters. The van der Waals surface area contributed by atoms with E-state index in [9.17, 15) is 24.3 Å². The first-order chi connectivity index (χ1) is 15.2. The van der Waals surface area contributed by atoms with Crippen molar-refractivity contribution in [3.8, 4) is 11.5 Å². The Hall–Kier alpha value is -3.23. The zero-order valence-electron chi connectivity index (χ0n) is 17.4. The van der Waals surface area contributed by atoms with E-state index in [1.54, 1.807) is 12.1 Å². The Bertz CT molecular complexity index is 1560. The average molecular weight is 554 g/mol. The van der Waals surface area contributed by atoms with Crippen molar-refractivity contribution in [1.29, 1.82) is 0 Å². The molecule has 0 saturated carbocycles. The third-order valence-electron chi connectivity index (χ3n) is 6.17. The van der Waals surface area contributed by atoms with Crippen molar-refractivity contribution in [2.24, 2.45) is 14.1 Å². The summed E-state index contributed by atoms with van der Waals surface area (Å²) in [7, 11) is 4.22. The molecule has 0 bridgehead atoms. The van der Waals surface area contributed by atoms with Crippen molar-refractivity contribution in [2.75, 3.05) is 7.11 Å². The first kappa shape index (κ1) is 20.7. The molecule has 0 aliphatic carbocycles. The fourth-order valence-corrected chi connectivity index (χ4v) is 5.21. The molecular formula is C19H19IN6O6. The molecule has 0 spiro atoms. The molecule has 1 N–H and O–H groups in total. The van der Waals surface area contributed by atoms with Gasteiger partial charge in [-0.3, -0.25) is 0 Å². The minimum absolute atomic E-state index is 0.0208. The van der Waals surface area contributed by atoms with Crippen molar-refractivity contribution in [1.82, 2.24) is 27.9 Å². The summed E-state index contributed by atoms with van der Waals surface area (Å²) < 4.78 is 13.2. The number of halogens is 1. The van der Waals surface area contributed by atoms with Gasteiger partial charge in [0, 0.05) is 14.1 Å². The number of benzene rings is 1. The number of fused-ring (bicyclic) bond motifs is 4. The van der Waals surface area contributed by atoms with Crippen LogP contribution in [0, 0.1) is 3.57 Å². The number of phenolic OH excluding ortho intramolecular Hbond substituents is 1. The zero-order valence-corrected chi connectivity index (χ0v) is 19.5. The lowest BCUT2D eigenvalue weighted by Crippen LogP contribution is -2.47. The minimum Gasteiger partial charge on any atom is -0.504 e. The standard InChI is InChI=1S/C19H19IN6O6/c1-21-16(28)23-5-4-10-12(25(23)18(21)30)8-24-17(29)22(2)19(31)26(24)14(10)9-6-11(20)15(27)13(7-9)32-3/h4,6-7,12,14,27H,5,8H2,1-3H3/t12-,14+/m1/s1. The highest BCUT2D eigenvalue weighted by Gasteiger charge is 2.41. The van der Waals surface area contributed by atoms with E-state index in [2.05, 4.69) is 0 Å². The lowest BCUT2D eigenvalue weighted by Gasteiger charge is -2.37. The van der Waals surface area contributed by atoms with Crippen molar-refractivity contribution >= 4 is 22.6 Å². The number of nitrogens with zero attached hydrogens (tertiary/aromatic N) is 6. The Morgan fingerprint density at radius 1 is 0.969 bits per heavy atom. The van der Waals surface area contributed by atoms with Gasteiger partial charge in [-0.15, -0.1) is 0 Å². The van der Waals surface area contributed by atoms with E-state index in [1.807, 2.05) is 28.7 Å². The van der Waals surface area contributed by atoms with Gasteiger partial charge in [-0.1, -0.05) is 6.08 Å². The molecule has 2 aromatic heterocycles. The van der Waals surface area contributed by atoms with Gasteiger partial charge >= 0.3 is 22.8 Å². The summed E-state index contributed by atoms with van der Waals surface area (Å²) in [5.74, 6) is 0.185. The van der Waals surface area contributed by atoms with Crippen LogP contribution < -0.4 is 27.5 Å². The van der Waals surface area contributed by atoms with Crippen molar-refractivity contribution < 1.29 is 9.84 Å². The summed E-state index contributed by atoms with van der Waals surface area (Å²) in [4.78, 5) is 51.3. The molecule has 3 aromatic rings. The second kappa shape index (κ2) is 6.88. The Morgan fingerprint density at radius 2 is 1.59 bits per heavy atom. The molecule has 13 heteroatoms. The van der Waals surface area contributed by atoms with E-state index in [1.165, 1.54) is 39.9 Å². The van der Waals surface area contributed by atoms with Crippen molar-refractivity contribution in [3.05, 3.63) is 74.9 Å². The molecule has 0 saturated heterocycles. The summed E-state index contributed by atoms with van der Waals surface area (Å²) in [6, 6.07) is 1.92. The van der Waals surface area contributed by atoms with E-state index in [-0.39, 0.29) is 24.6 Å². The third kappa shape index (κ3) is 2.53. The first-order valence-electron chi connectivity index (χ1n) is 9.70. The van der Waals surface area contributed by atoms with Gasteiger partial charge in [-0.05, 0) is 45.9 Å². The van der Waals surface area contributed by atoms with E-state index >= 15 is 0 Å². The SMILES string of the molecule is COc1cc([C@H]2C3=CCn4c(=O)n(C)c(=O)n4[C@@H]3Cn3c(=O)n(C)c(=O)n32)cc(I)c1O. The molecule has 2 aliphatic rings. The molecule has 0 radical (unpaired) electrons. The average Bonchev–Trinajstić information content (AvgIpc) is 3.14. The van der Waals surface area contributed by atoms with Gasteiger partial charge in [0.1, 0.15) is 6.04 Å². The van der Waals surface area contributed by atoms with E-state index < -0.39 is 34.8 Å². The van der Waals surface area contributed by atoms with Gasteiger partial charge in [0.25, 0.3) is 0 Å². The highest BCUT2D eigenvalue weighted by molar-refractivity contribution is 14.1. The second-order valence-electron chi connectivity index (χ2n) is 7.78. The summed E-state index contributed by atoms with van der Waals surface area (Å²) in [5, 5.41) is 10.3. The monoisotopic (exact) mass is 554 g/mol. The minimum atomic E-state index is -0.742. The van der Waals surface area contributed by atoms with Crippen LogP contribution in [0.15, 0.2) is 43.0 Å². The predicted molar refractivity (Wildman–Crippen MR) is 121 cm³/mol. The Labute approximate surface area is 192 Å². The third-order valence-corrected chi connectivity index (χ3v) is 7.00. The van der Waals surface area contributed by atoms with Crippen LogP contribution in [-0.2, 0) is 27.2 Å². The van der Waals surface area contributed by atoms with Gasteiger partial charge in [0.2, 0.25) is 0 Å². The van der Waals surface area contributed by atoms with Gasteiger partial charge < -0.3 is 9.84 Å². The summed E-state index contributed by atoms with van der Waals surface area (Å²) in [6.45, 7) is 0.169. The molecule has 0 amide bonds. The fourth-order valence-electron chi connectivity index (χ4n) is 4.58. The van der Waals surface area contributed by atoms with Crippen LogP contribution in [0.4, 0.5) is 0 Å². The maximum absolute atomic E-state index is 13.0. The lowest BCUT2D eigenvalue weighted by atomic mass is 9.90. The van der Waals surface area contributed by atoms with Crippen LogP contribution in [0.5, 0.6) is 11.5 Å². The highest BCUT2D eigenvalue weighted by Crippen LogP contribution is 2.42. The van der Waals surface area contributed by atoms with Gasteiger partial charge in [0.05, 0.1) is 29.8 Å². The highest BCUT2D eigenvalue weighted by atomic mass is 127. The zero-order chi connectivity index (χ0) is 23.1. The molecule has 2 atom stereocenters. The number of allylic oxidation sites excluding steroid dienone is 2. The number of methoxy groups -OCH3 is 1. The first-order valence-corrected chi connectivity index (χ1v) is 10.8. The Balaban J connectivity index is 1.84. The number of aromatic hydroxyl groups is 1. The maximum Gasteiger partial charge on any atom is 0.347 e. The number of hydrogen-bond donors (Lipinski definition) is 1. The quantitative estimate of drug-likeness (QED) is 0.324. The van der Waals surface area contributed by atoms with Crippen molar-refractivity contribution in [3.63, 3.8) is 0 Å². The normalized spacial score (nSPS) is 19.2. The van der Waals surface area contributed by atoms with E-state index in [0.717, 1.165) is 9.13 Å². The van der Waals surface area contributed by atoms with Crippen molar-refractivity contribution in [2.45, 2.75) is 25.2 Å². The second-order valence-corrected chi connectivity index (χ2v) is 8.94. The molecule has 1 aromatic carbocycles. The van der Waals surface area contributed by atoms with Crippen LogP contribution >= 0.6 is 22.6 Å². The number of hydrogen-bond acceptors (Lipinski definition) is 6. The molecule has 12 nitrogen and oxygen atoms in total. The molecule has 0 fully saturated rings. The van der Waals surface area contributed by atoms with Crippen LogP contribution in [0.3, 0.4) is 0 Å². The number of phenols is 1. The smallest absolute Gasteiger partial charge is 0.347 e. The van der Waals surface area contributed by atoms with Crippen LogP contribution in [0.1, 0.15) is 17.6 Å². The van der Waals surface area contributed by atoms with Crippen LogP contribution in [0.25, 0.3) is 0 Å². The molecule has 2 aliphatic heterocycles. The molecule has 168 valence electrons. The lowest BCUT2D eigenvalue weighted by molar-refractivity contribution is 0.245. The Morgan fingerprint density at radius 3 is 2.25 bits per heavy atom. The number of ether oxygens (including phenoxy) is 1. The van der Waals surface area contributed by atoms with E-state index in [4.69, 9.17) is 4.74 Å². The van der Waals surface area contributed by atoms with Gasteiger partial charge in [-0.25, -0.2) is 47.0 Å². The molecule has 4 heterocycles. The summed E-state index contributed by atoms with van der Waals surface area (Å²) >= 11 is 1.96. The predicted octanol–water partition coefficient (Wildman–Crippen LogP) is -0.886.